The number of thiophene rings is 1. The number of rotatable bonds is 4. The molecule has 0 aliphatic rings. The van der Waals surface area contributed by atoms with Crippen molar-refractivity contribution in [2.24, 2.45) is 0 Å². The molecule has 0 aliphatic carbocycles. The second-order valence-electron chi connectivity index (χ2n) is 3.44. The zero-order valence-corrected chi connectivity index (χ0v) is 9.80. The minimum Gasteiger partial charge on any atom is -0.472 e. The molecule has 0 radical (unpaired) electrons. The van der Waals surface area contributed by atoms with E-state index in [2.05, 4.69) is 24.4 Å². The Morgan fingerprint density at radius 1 is 1.40 bits per heavy atom. The second-order valence-corrected chi connectivity index (χ2v) is 4.64. The van der Waals surface area contributed by atoms with E-state index in [1.165, 1.54) is 15.3 Å². The maximum Gasteiger partial charge on any atom is 0.0954 e. The molecular formula is C12H15NOS. The lowest BCUT2D eigenvalue weighted by atomic mass is 10.1. The monoisotopic (exact) mass is 221 g/mol. The molecule has 0 bridgehead atoms. The van der Waals surface area contributed by atoms with E-state index in [9.17, 15) is 0 Å². The lowest BCUT2D eigenvalue weighted by Crippen LogP contribution is -2.15. The largest absolute Gasteiger partial charge is 0.472 e. The van der Waals surface area contributed by atoms with Crippen molar-refractivity contribution in [1.82, 2.24) is 5.32 Å². The Kier molecular flexibility index (Phi) is 3.23. The Labute approximate surface area is 93.9 Å². The molecule has 0 saturated carbocycles. The van der Waals surface area contributed by atoms with Crippen LogP contribution in [0.2, 0.25) is 0 Å². The molecule has 0 saturated heterocycles. The molecular weight excluding hydrogens is 206 g/mol. The zero-order valence-electron chi connectivity index (χ0n) is 8.99. The van der Waals surface area contributed by atoms with E-state index in [0.717, 1.165) is 6.42 Å². The zero-order chi connectivity index (χ0) is 10.7. The summed E-state index contributed by atoms with van der Waals surface area (Å²) in [6.07, 6.45) is 4.62. The number of hydrogen-bond donors (Lipinski definition) is 1. The van der Waals surface area contributed by atoms with Crippen LogP contribution in [0, 0.1) is 0 Å². The van der Waals surface area contributed by atoms with Crippen molar-refractivity contribution in [2.45, 2.75) is 19.4 Å². The van der Waals surface area contributed by atoms with Crippen LogP contribution in [0.4, 0.5) is 0 Å². The van der Waals surface area contributed by atoms with Gasteiger partial charge in [-0.15, -0.1) is 11.3 Å². The van der Waals surface area contributed by atoms with Crippen molar-refractivity contribution in [3.63, 3.8) is 0 Å². The lowest BCUT2D eigenvalue weighted by Gasteiger charge is -2.11. The van der Waals surface area contributed by atoms with E-state index < -0.39 is 0 Å². The fourth-order valence-electron chi connectivity index (χ4n) is 1.65. The molecule has 1 unspecified atom stereocenters. The van der Waals surface area contributed by atoms with Crippen molar-refractivity contribution in [1.29, 1.82) is 0 Å². The quantitative estimate of drug-likeness (QED) is 0.857. The maximum atomic E-state index is 5.12. The average Bonchev–Trinajstić information content (AvgIpc) is 2.89. The first-order valence-corrected chi connectivity index (χ1v) is 5.94. The van der Waals surface area contributed by atoms with Crippen molar-refractivity contribution >= 4 is 11.3 Å². The van der Waals surface area contributed by atoms with Crippen molar-refractivity contribution < 1.29 is 4.42 Å². The summed E-state index contributed by atoms with van der Waals surface area (Å²) >= 11 is 1.86. The third kappa shape index (κ3) is 2.13. The Hall–Kier alpha value is -1.06. The molecule has 2 nitrogen and oxygen atoms in total. The highest BCUT2D eigenvalue weighted by atomic mass is 32.1. The van der Waals surface area contributed by atoms with Gasteiger partial charge >= 0.3 is 0 Å². The van der Waals surface area contributed by atoms with Gasteiger partial charge in [0.15, 0.2) is 0 Å². The van der Waals surface area contributed by atoms with Crippen LogP contribution < -0.4 is 5.32 Å². The highest BCUT2D eigenvalue weighted by molar-refractivity contribution is 7.12. The van der Waals surface area contributed by atoms with E-state index >= 15 is 0 Å². The van der Waals surface area contributed by atoms with Crippen molar-refractivity contribution in [3.05, 3.63) is 46.0 Å². The third-order valence-corrected chi connectivity index (χ3v) is 3.78. The van der Waals surface area contributed by atoms with Crippen LogP contribution in [0.3, 0.4) is 0 Å². The summed E-state index contributed by atoms with van der Waals surface area (Å²) in [5.74, 6) is 0. The molecule has 3 heteroatoms. The summed E-state index contributed by atoms with van der Waals surface area (Å²) in [5, 5.41) is 3.31. The minimum atomic E-state index is 0.258. The van der Waals surface area contributed by atoms with Gasteiger partial charge in [0.1, 0.15) is 0 Å². The molecule has 2 heterocycles. The van der Waals surface area contributed by atoms with Crippen LogP contribution in [0.15, 0.2) is 35.1 Å². The van der Waals surface area contributed by atoms with E-state index in [0.29, 0.717) is 0 Å². The van der Waals surface area contributed by atoms with Crippen molar-refractivity contribution in [3.8, 4) is 0 Å². The SMILES string of the molecule is CCc1ccc(C(NC)c2ccoc2)s1. The lowest BCUT2D eigenvalue weighted by molar-refractivity contribution is 0.558. The van der Waals surface area contributed by atoms with Gasteiger partial charge < -0.3 is 9.73 Å². The summed E-state index contributed by atoms with van der Waals surface area (Å²) in [6.45, 7) is 2.18. The summed E-state index contributed by atoms with van der Waals surface area (Å²) in [5.41, 5.74) is 1.18. The fraction of sp³-hybridized carbons (Fsp3) is 0.333. The molecule has 0 aromatic carbocycles. The Balaban J connectivity index is 2.27. The number of furan rings is 1. The van der Waals surface area contributed by atoms with Gasteiger partial charge in [-0.1, -0.05) is 6.92 Å². The van der Waals surface area contributed by atoms with Crippen LogP contribution in [0.5, 0.6) is 0 Å². The van der Waals surface area contributed by atoms with Gasteiger partial charge in [-0.2, -0.15) is 0 Å². The first-order valence-electron chi connectivity index (χ1n) is 5.13. The van der Waals surface area contributed by atoms with Gasteiger partial charge in [-0.3, -0.25) is 0 Å². The van der Waals surface area contributed by atoms with E-state index in [-0.39, 0.29) is 6.04 Å². The van der Waals surface area contributed by atoms with Gasteiger partial charge in [0.2, 0.25) is 0 Å². The molecule has 15 heavy (non-hydrogen) atoms. The van der Waals surface area contributed by atoms with Gasteiger partial charge in [-0.25, -0.2) is 0 Å². The summed E-state index contributed by atoms with van der Waals surface area (Å²) in [7, 11) is 1.98. The van der Waals surface area contributed by atoms with Gasteiger partial charge in [0.25, 0.3) is 0 Å². The topological polar surface area (TPSA) is 25.2 Å². The fourth-order valence-corrected chi connectivity index (χ4v) is 2.74. The van der Waals surface area contributed by atoms with Gasteiger partial charge in [0, 0.05) is 15.3 Å². The van der Waals surface area contributed by atoms with Crippen molar-refractivity contribution in [2.75, 3.05) is 7.05 Å². The normalized spacial score (nSPS) is 12.9. The number of aryl methyl sites for hydroxylation is 1. The molecule has 0 spiro atoms. The van der Waals surface area contributed by atoms with Crippen LogP contribution >= 0.6 is 11.3 Å². The number of hydrogen-bond acceptors (Lipinski definition) is 3. The van der Waals surface area contributed by atoms with Gasteiger partial charge in [0.05, 0.1) is 18.6 Å². The standard InChI is InChI=1S/C12H15NOS/c1-3-10-4-5-11(15-10)12(13-2)9-6-7-14-8-9/h4-8,12-13H,3H2,1-2H3. The highest BCUT2D eigenvalue weighted by Crippen LogP contribution is 2.28. The molecule has 0 amide bonds. The molecule has 2 rings (SSSR count). The molecule has 0 fully saturated rings. The smallest absolute Gasteiger partial charge is 0.0954 e. The Bertz CT molecular complexity index is 405. The minimum absolute atomic E-state index is 0.258. The van der Waals surface area contributed by atoms with E-state index in [4.69, 9.17) is 4.42 Å². The molecule has 1 N–H and O–H groups in total. The molecule has 0 aliphatic heterocycles. The van der Waals surface area contributed by atoms with Crippen LogP contribution in [0.25, 0.3) is 0 Å². The average molecular weight is 221 g/mol. The third-order valence-electron chi connectivity index (χ3n) is 2.48. The first-order chi connectivity index (χ1) is 7.35. The van der Waals surface area contributed by atoms with Crippen LogP contribution in [0.1, 0.15) is 28.3 Å². The molecule has 80 valence electrons. The summed E-state index contributed by atoms with van der Waals surface area (Å²) < 4.78 is 5.12. The second kappa shape index (κ2) is 4.64. The summed E-state index contributed by atoms with van der Waals surface area (Å²) in [6, 6.07) is 6.66. The predicted octanol–water partition coefficient (Wildman–Crippen LogP) is 3.21. The van der Waals surface area contributed by atoms with Gasteiger partial charge in [-0.05, 0) is 31.7 Å². The Morgan fingerprint density at radius 3 is 2.80 bits per heavy atom. The maximum absolute atomic E-state index is 5.12. The molecule has 2 aromatic rings. The number of nitrogens with one attached hydrogen (secondary N) is 1. The predicted molar refractivity (Wildman–Crippen MR) is 63.3 cm³/mol. The van der Waals surface area contributed by atoms with Crippen LogP contribution in [-0.2, 0) is 6.42 Å². The molecule has 2 aromatic heterocycles. The first kappa shape index (κ1) is 10.5. The van der Waals surface area contributed by atoms with E-state index in [1.54, 1.807) is 12.5 Å². The van der Waals surface area contributed by atoms with Crippen LogP contribution in [-0.4, -0.2) is 7.05 Å². The highest BCUT2D eigenvalue weighted by Gasteiger charge is 2.14. The Morgan fingerprint density at radius 2 is 2.27 bits per heavy atom. The molecule has 1 atom stereocenters. The summed E-state index contributed by atoms with van der Waals surface area (Å²) in [4.78, 5) is 2.77. The van der Waals surface area contributed by atoms with E-state index in [1.807, 2.05) is 24.5 Å².